The van der Waals surface area contributed by atoms with Crippen LogP contribution in [-0.4, -0.2) is 78.5 Å². The van der Waals surface area contributed by atoms with Gasteiger partial charge >= 0.3 is 0 Å². The summed E-state index contributed by atoms with van der Waals surface area (Å²) < 4.78 is 37.4. The topological polar surface area (TPSA) is 62.2 Å². The van der Waals surface area contributed by atoms with E-state index < -0.39 is 17.2 Å². The van der Waals surface area contributed by atoms with Gasteiger partial charge in [-0.15, -0.1) is 0 Å². The molecule has 6 nitrogen and oxygen atoms in total. The molecule has 0 saturated carbocycles. The molecule has 3 rings (SSSR count). The Morgan fingerprint density at radius 1 is 1.30 bits per heavy atom. The first-order chi connectivity index (χ1) is 12.9. The minimum Gasteiger partial charge on any atom is -0.490 e. The van der Waals surface area contributed by atoms with Gasteiger partial charge in [0.25, 0.3) is 0 Å². The summed E-state index contributed by atoms with van der Waals surface area (Å²) >= 11 is 0. The number of halogens is 2. The van der Waals surface area contributed by atoms with Crippen LogP contribution in [0.4, 0.5) is 8.78 Å². The first-order valence-corrected chi connectivity index (χ1v) is 9.24. The number of likely N-dealkylation sites (tertiary alicyclic amines) is 1. The molecule has 2 fully saturated rings. The third-order valence-corrected chi connectivity index (χ3v) is 5.22. The van der Waals surface area contributed by atoms with E-state index in [1.807, 2.05) is 4.90 Å². The van der Waals surface area contributed by atoms with E-state index in [-0.39, 0.29) is 30.9 Å². The van der Waals surface area contributed by atoms with Crippen molar-refractivity contribution in [3.63, 3.8) is 0 Å². The average molecular weight is 384 g/mol. The number of piperidine rings is 1. The molecular formula is C19H26F2N2O4. The Morgan fingerprint density at radius 3 is 2.70 bits per heavy atom. The van der Waals surface area contributed by atoms with Crippen LogP contribution in [0.3, 0.4) is 0 Å². The van der Waals surface area contributed by atoms with Crippen LogP contribution in [0.5, 0.6) is 5.75 Å². The summed E-state index contributed by atoms with van der Waals surface area (Å²) in [5.74, 6) is -1.69. The highest BCUT2D eigenvalue weighted by Gasteiger charge is 2.37. The van der Waals surface area contributed by atoms with Gasteiger partial charge in [-0.25, -0.2) is 8.78 Å². The highest BCUT2D eigenvalue weighted by Crippen LogP contribution is 2.23. The molecule has 0 aliphatic carbocycles. The van der Waals surface area contributed by atoms with Crippen molar-refractivity contribution in [3.05, 3.63) is 29.8 Å². The zero-order valence-electron chi connectivity index (χ0n) is 15.5. The predicted octanol–water partition coefficient (Wildman–Crippen LogP) is 1.42. The maximum absolute atomic E-state index is 13.3. The number of benzene rings is 1. The van der Waals surface area contributed by atoms with Crippen LogP contribution in [0.15, 0.2) is 18.2 Å². The van der Waals surface area contributed by atoms with Crippen molar-refractivity contribution in [2.75, 3.05) is 46.0 Å². The van der Waals surface area contributed by atoms with E-state index in [9.17, 15) is 18.7 Å². The Kier molecular flexibility index (Phi) is 6.29. The monoisotopic (exact) mass is 384 g/mol. The molecule has 0 unspecified atom stereocenters. The smallest absolute Gasteiger partial charge is 0.219 e. The van der Waals surface area contributed by atoms with Gasteiger partial charge in [-0.1, -0.05) is 0 Å². The lowest BCUT2D eigenvalue weighted by molar-refractivity contribution is -0.130. The molecule has 1 atom stereocenters. The summed E-state index contributed by atoms with van der Waals surface area (Å²) in [5.41, 5.74) is -1.25. The summed E-state index contributed by atoms with van der Waals surface area (Å²) in [6.45, 7) is 4.58. The number of carbonyl (C=O) groups excluding carboxylic acids is 1. The number of amides is 1. The van der Waals surface area contributed by atoms with Gasteiger partial charge in [0, 0.05) is 45.2 Å². The van der Waals surface area contributed by atoms with Crippen molar-refractivity contribution in [3.8, 4) is 5.75 Å². The second-order valence-corrected chi connectivity index (χ2v) is 7.35. The molecule has 2 saturated heterocycles. The molecule has 2 aliphatic heterocycles. The Balaban J connectivity index is 1.59. The predicted molar refractivity (Wildman–Crippen MR) is 94.5 cm³/mol. The third-order valence-electron chi connectivity index (χ3n) is 5.22. The van der Waals surface area contributed by atoms with Gasteiger partial charge in [0.15, 0.2) is 11.6 Å². The second-order valence-electron chi connectivity index (χ2n) is 7.35. The van der Waals surface area contributed by atoms with E-state index in [4.69, 9.17) is 9.47 Å². The van der Waals surface area contributed by atoms with Gasteiger partial charge in [-0.3, -0.25) is 9.69 Å². The number of aliphatic hydroxyl groups is 1. The fraction of sp³-hybridized carbons (Fsp3) is 0.632. The van der Waals surface area contributed by atoms with E-state index in [2.05, 4.69) is 4.90 Å². The number of hydrogen-bond acceptors (Lipinski definition) is 5. The molecule has 1 amide bonds. The standard InChI is InChI=1S/C19H26F2N2O4/c1-14(24)22-6-4-15(5-7-22)23-8-9-26-12-19(25,11-23)13-27-16-2-3-17(20)18(21)10-16/h2-3,10,15,25H,4-9,11-13H2,1H3/t19-/m1/s1. The van der Waals surface area contributed by atoms with Crippen LogP contribution in [-0.2, 0) is 9.53 Å². The van der Waals surface area contributed by atoms with E-state index in [0.717, 1.165) is 25.0 Å². The minimum atomic E-state index is -1.25. The van der Waals surface area contributed by atoms with Gasteiger partial charge in [-0.2, -0.15) is 0 Å². The van der Waals surface area contributed by atoms with Crippen LogP contribution in [0.1, 0.15) is 19.8 Å². The number of rotatable bonds is 4. The number of ether oxygens (including phenoxy) is 2. The summed E-state index contributed by atoms with van der Waals surface area (Å²) in [6, 6.07) is 3.55. The number of β-amino-alcohol motifs (C(OH)–C–C–N with tert-alkyl or cyclic N) is 1. The molecule has 0 bridgehead atoms. The van der Waals surface area contributed by atoms with Crippen molar-refractivity contribution in [1.82, 2.24) is 9.80 Å². The van der Waals surface area contributed by atoms with Crippen molar-refractivity contribution >= 4 is 5.91 Å². The molecule has 150 valence electrons. The summed E-state index contributed by atoms with van der Waals surface area (Å²) in [7, 11) is 0. The molecule has 27 heavy (non-hydrogen) atoms. The fourth-order valence-corrected chi connectivity index (χ4v) is 3.68. The van der Waals surface area contributed by atoms with Crippen molar-refractivity contribution in [2.24, 2.45) is 0 Å². The van der Waals surface area contributed by atoms with E-state index in [1.54, 1.807) is 6.92 Å². The van der Waals surface area contributed by atoms with Gasteiger partial charge in [0.05, 0.1) is 13.2 Å². The zero-order chi connectivity index (χ0) is 19.4. The molecule has 1 aromatic rings. The first kappa shape index (κ1) is 20.0. The van der Waals surface area contributed by atoms with Crippen LogP contribution in [0.25, 0.3) is 0 Å². The first-order valence-electron chi connectivity index (χ1n) is 9.24. The van der Waals surface area contributed by atoms with E-state index in [0.29, 0.717) is 32.8 Å². The van der Waals surface area contributed by atoms with Crippen LogP contribution < -0.4 is 4.74 Å². The summed E-state index contributed by atoms with van der Waals surface area (Å²) in [5, 5.41) is 11.0. The van der Waals surface area contributed by atoms with Gasteiger partial charge in [0.2, 0.25) is 5.91 Å². The molecule has 1 N–H and O–H groups in total. The van der Waals surface area contributed by atoms with Crippen LogP contribution in [0, 0.1) is 11.6 Å². The van der Waals surface area contributed by atoms with Crippen molar-refractivity contribution < 1.29 is 28.2 Å². The molecule has 2 heterocycles. The SMILES string of the molecule is CC(=O)N1CCC(N2CCOC[C@@](O)(COc3ccc(F)c(F)c3)C2)CC1. The van der Waals surface area contributed by atoms with Gasteiger partial charge < -0.3 is 19.5 Å². The van der Waals surface area contributed by atoms with Gasteiger partial charge in [0.1, 0.15) is 18.0 Å². The average Bonchev–Trinajstić information content (AvgIpc) is 2.85. The maximum Gasteiger partial charge on any atom is 0.219 e. The molecule has 0 aromatic heterocycles. The van der Waals surface area contributed by atoms with Gasteiger partial charge in [-0.05, 0) is 25.0 Å². The third kappa shape index (κ3) is 5.15. The van der Waals surface area contributed by atoms with Crippen molar-refractivity contribution in [1.29, 1.82) is 0 Å². The molecule has 0 radical (unpaired) electrons. The molecule has 1 aromatic carbocycles. The summed E-state index contributed by atoms with van der Waals surface area (Å²) in [4.78, 5) is 15.5. The number of carbonyl (C=O) groups is 1. The minimum absolute atomic E-state index is 0.0825. The fourth-order valence-electron chi connectivity index (χ4n) is 3.68. The maximum atomic E-state index is 13.3. The number of nitrogens with zero attached hydrogens (tertiary/aromatic N) is 2. The largest absolute Gasteiger partial charge is 0.490 e. The Labute approximate surface area is 157 Å². The Morgan fingerprint density at radius 2 is 2.04 bits per heavy atom. The summed E-state index contributed by atoms with van der Waals surface area (Å²) in [6.07, 6.45) is 1.69. The van der Waals surface area contributed by atoms with Crippen LogP contribution in [0.2, 0.25) is 0 Å². The van der Waals surface area contributed by atoms with E-state index in [1.165, 1.54) is 6.07 Å². The quantitative estimate of drug-likeness (QED) is 0.851. The number of hydrogen-bond donors (Lipinski definition) is 1. The van der Waals surface area contributed by atoms with E-state index >= 15 is 0 Å². The Hall–Kier alpha value is -1.77. The normalized spacial score (nSPS) is 25.3. The molecular weight excluding hydrogens is 358 g/mol. The second kappa shape index (κ2) is 8.50. The highest BCUT2D eigenvalue weighted by atomic mass is 19.2. The molecule has 0 spiro atoms. The molecule has 2 aliphatic rings. The Bertz CT molecular complexity index is 667. The lowest BCUT2D eigenvalue weighted by atomic mass is 9.99. The van der Waals surface area contributed by atoms with Crippen molar-refractivity contribution in [2.45, 2.75) is 31.4 Å². The highest BCUT2D eigenvalue weighted by molar-refractivity contribution is 5.73. The lowest BCUT2D eigenvalue weighted by Crippen LogP contribution is -2.53. The van der Waals surface area contributed by atoms with Crippen LogP contribution >= 0.6 is 0 Å². The zero-order valence-corrected chi connectivity index (χ0v) is 15.5. The lowest BCUT2D eigenvalue weighted by Gasteiger charge is -2.40. The molecule has 8 heteroatoms.